The lowest BCUT2D eigenvalue weighted by Gasteiger charge is -2.28. The van der Waals surface area contributed by atoms with Gasteiger partial charge in [0.1, 0.15) is 11.3 Å². The third kappa shape index (κ3) is 3.76. The Morgan fingerprint density at radius 3 is 2.66 bits per heavy atom. The maximum Gasteiger partial charge on any atom is 0.290 e. The number of amides is 1. The fourth-order valence-corrected chi connectivity index (χ4v) is 4.05. The molecule has 4 rings (SSSR count). The molecule has 2 heterocycles. The zero-order valence-corrected chi connectivity index (χ0v) is 18.6. The fraction of sp³-hybridized carbons (Fsp3) is 0.280. The van der Waals surface area contributed by atoms with Crippen molar-refractivity contribution in [3.05, 3.63) is 76.8 Å². The van der Waals surface area contributed by atoms with Gasteiger partial charge in [0.15, 0.2) is 11.5 Å². The van der Waals surface area contributed by atoms with E-state index in [0.29, 0.717) is 30.0 Å². The minimum absolute atomic E-state index is 0.00552. The molecule has 1 aliphatic heterocycles. The van der Waals surface area contributed by atoms with Crippen molar-refractivity contribution in [3.8, 4) is 5.75 Å². The molecule has 1 atom stereocenters. The summed E-state index contributed by atoms with van der Waals surface area (Å²) in [4.78, 5) is 30.1. The van der Waals surface area contributed by atoms with Gasteiger partial charge in [0.05, 0.1) is 18.7 Å². The Hall–Kier alpha value is -3.58. The van der Waals surface area contributed by atoms with Gasteiger partial charge in [-0.1, -0.05) is 29.8 Å². The smallest absolute Gasteiger partial charge is 0.290 e. The number of hydrogen-bond acceptors (Lipinski definition) is 6. The van der Waals surface area contributed by atoms with Crippen LogP contribution in [0.3, 0.4) is 0 Å². The lowest BCUT2D eigenvalue weighted by molar-refractivity contribution is -0.129. The number of carbonyl (C=O) groups excluding carboxylic acids is 2. The number of ketones is 1. The van der Waals surface area contributed by atoms with E-state index in [1.807, 2.05) is 50.2 Å². The third-order valence-corrected chi connectivity index (χ3v) is 5.67. The van der Waals surface area contributed by atoms with Crippen LogP contribution >= 0.6 is 0 Å². The van der Waals surface area contributed by atoms with Crippen LogP contribution in [0, 0.1) is 6.92 Å². The van der Waals surface area contributed by atoms with Crippen LogP contribution in [-0.2, 0) is 4.79 Å². The topological polar surface area (TPSA) is 83.2 Å². The van der Waals surface area contributed by atoms with Gasteiger partial charge in [-0.05, 0) is 45.3 Å². The Balaban J connectivity index is 1.82. The molecule has 0 spiro atoms. The fourth-order valence-electron chi connectivity index (χ4n) is 4.05. The minimum atomic E-state index is -0.791. The zero-order valence-electron chi connectivity index (χ0n) is 18.6. The SMILES string of the molecule is COc1ccccc1C1C(C(=O)c2cc3cc(C)ccc3o2)=C(O)C(=O)N1CCN(C)C. The van der Waals surface area contributed by atoms with E-state index in [2.05, 4.69) is 0 Å². The molecule has 0 saturated heterocycles. The van der Waals surface area contributed by atoms with Crippen molar-refractivity contribution in [3.63, 3.8) is 0 Å². The molecule has 3 aromatic rings. The maximum atomic E-state index is 13.6. The molecule has 0 radical (unpaired) electrons. The number of aryl methyl sites for hydroxylation is 1. The summed E-state index contributed by atoms with van der Waals surface area (Å²) < 4.78 is 11.3. The summed E-state index contributed by atoms with van der Waals surface area (Å²) in [7, 11) is 5.33. The minimum Gasteiger partial charge on any atom is -0.503 e. The summed E-state index contributed by atoms with van der Waals surface area (Å²) >= 11 is 0. The van der Waals surface area contributed by atoms with E-state index in [-0.39, 0.29) is 11.3 Å². The number of para-hydroxylation sites is 1. The van der Waals surface area contributed by atoms with Crippen LogP contribution in [0.15, 0.2) is 64.3 Å². The highest BCUT2D eigenvalue weighted by atomic mass is 16.5. The first-order chi connectivity index (χ1) is 15.3. The van der Waals surface area contributed by atoms with Crippen molar-refractivity contribution in [1.29, 1.82) is 0 Å². The number of rotatable bonds is 7. The normalized spacial score (nSPS) is 16.5. The van der Waals surface area contributed by atoms with Crippen molar-refractivity contribution in [2.24, 2.45) is 0 Å². The molecule has 1 amide bonds. The van der Waals surface area contributed by atoms with Crippen LogP contribution in [0.1, 0.15) is 27.7 Å². The Bertz CT molecular complexity index is 1220. The number of Topliss-reactive ketones (excluding diaryl/α,β-unsaturated/α-hetero) is 1. The van der Waals surface area contributed by atoms with Gasteiger partial charge in [0.2, 0.25) is 5.78 Å². The number of carbonyl (C=O) groups is 2. The second-order valence-corrected chi connectivity index (χ2v) is 8.19. The van der Waals surface area contributed by atoms with E-state index >= 15 is 0 Å². The van der Waals surface area contributed by atoms with Crippen molar-refractivity contribution < 1.29 is 23.8 Å². The predicted octanol–water partition coefficient (Wildman–Crippen LogP) is 3.89. The average molecular weight is 434 g/mol. The molecule has 7 nitrogen and oxygen atoms in total. The van der Waals surface area contributed by atoms with E-state index in [4.69, 9.17) is 9.15 Å². The molecule has 7 heteroatoms. The number of ether oxygens (including phenoxy) is 1. The number of hydrogen-bond donors (Lipinski definition) is 1. The van der Waals surface area contributed by atoms with Crippen LogP contribution in [-0.4, -0.2) is 60.9 Å². The van der Waals surface area contributed by atoms with Gasteiger partial charge in [0, 0.05) is 24.0 Å². The highest BCUT2D eigenvalue weighted by molar-refractivity contribution is 6.16. The van der Waals surface area contributed by atoms with Gasteiger partial charge in [-0.25, -0.2) is 0 Å². The summed E-state index contributed by atoms with van der Waals surface area (Å²) in [5, 5.41) is 11.6. The number of furan rings is 1. The van der Waals surface area contributed by atoms with Crippen LogP contribution in [0.2, 0.25) is 0 Å². The molecule has 0 saturated carbocycles. The average Bonchev–Trinajstić information content (AvgIpc) is 3.30. The molecule has 1 N–H and O–H groups in total. The van der Waals surface area contributed by atoms with Gasteiger partial charge in [0.25, 0.3) is 5.91 Å². The quantitative estimate of drug-likeness (QED) is 0.568. The summed E-state index contributed by atoms with van der Waals surface area (Å²) in [6.07, 6.45) is 0. The Morgan fingerprint density at radius 1 is 1.19 bits per heavy atom. The largest absolute Gasteiger partial charge is 0.503 e. The summed E-state index contributed by atoms with van der Waals surface area (Å²) in [5.41, 5.74) is 2.23. The highest BCUT2D eigenvalue weighted by Crippen LogP contribution is 2.42. The molecule has 1 aromatic heterocycles. The molecule has 166 valence electrons. The van der Waals surface area contributed by atoms with Gasteiger partial charge in [-0.3, -0.25) is 9.59 Å². The molecule has 1 unspecified atom stereocenters. The first kappa shape index (κ1) is 21.6. The van der Waals surface area contributed by atoms with Crippen molar-refractivity contribution in [2.75, 3.05) is 34.3 Å². The Labute approximate surface area is 186 Å². The highest BCUT2D eigenvalue weighted by Gasteiger charge is 2.45. The first-order valence-corrected chi connectivity index (χ1v) is 10.4. The van der Waals surface area contributed by atoms with Crippen LogP contribution in [0.4, 0.5) is 0 Å². The second-order valence-electron chi connectivity index (χ2n) is 8.19. The number of benzene rings is 2. The number of aliphatic hydroxyl groups is 1. The van der Waals surface area contributed by atoms with E-state index in [0.717, 1.165) is 10.9 Å². The summed E-state index contributed by atoms with van der Waals surface area (Å²) in [6, 6.07) is 13.7. The standard InChI is InChI=1S/C25H26N2O5/c1-15-9-10-18-16(13-15)14-20(32-18)23(28)21-22(17-7-5-6-8-19(17)31-4)27(12-11-26(2)3)25(30)24(21)29/h5-10,13-14,22,29H,11-12H2,1-4H3. The molecule has 1 aliphatic rings. The number of aliphatic hydroxyl groups excluding tert-OH is 1. The Kier molecular flexibility index (Phi) is 5.76. The van der Waals surface area contributed by atoms with Crippen LogP contribution in [0.5, 0.6) is 5.75 Å². The zero-order chi connectivity index (χ0) is 23.0. The third-order valence-electron chi connectivity index (χ3n) is 5.67. The van der Waals surface area contributed by atoms with Crippen molar-refractivity contribution in [1.82, 2.24) is 9.80 Å². The van der Waals surface area contributed by atoms with E-state index in [9.17, 15) is 14.7 Å². The van der Waals surface area contributed by atoms with E-state index in [1.165, 1.54) is 12.0 Å². The molecular formula is C25H26N2O5. The first-order valence-electron chi connectivity index (χ1n) is 10.4. The molecule has 0 fully saturated rings. The molecule has 0 bridgehead atoms. The molecule has 32 heavy (non-hydrogen) atoms. The summed E-state index contributed by atoms with van der Waals surface area (Å²) in [6.45, 7) is 2.85. The van der Waals surface area contributed by atoms with Crippen LogP contribution in [0.25, 0.3) is 11.0 Å². The number of fused-ring (bicyclic) bond motifs is 1. The van der Waals surface area contributed by atoms with Crippen LogP contribution < -0.4 is 4.74 Å². The lowest BCUT2D eigenvalue weighted by atomic mass is 9.94. The molecule has 2 aromatic carbocycles. The van der Waals surface area contributed by atoms with Crippen molar-refractivity contribution >= 4 is 22.7 Å². The van der Waals surface area contributed by atoms with E-state index in [1.54, 1.807) is 24.3 Å². The summed E-state index contributed by atoms with van der Waals surface area (Å²) in [5.74, 6) is -1.05. The number of methoxy groups -OCH3 is 1. The predicted molar refractivity (Wildman–Crippen MR) is 121 cm³/mol. The van der Waals surface area contributed by atoms with Gasteiger partial charge in [-0.15, -0.1) is 0 Å². The van der Waals surface area contributed by atoms with E-state index < -0.39 is 23.5 Å². The van der Waals surface area contributed by atoms with Crippen molar-refractivity contribution in [2.45, 2.75) is 13.0 Å². The second kappa shape index (κ2) is 8.51. The molecule has 0 aliphatic carbocycles. The van der Waals surface area contributed by atoms with Gasteiger partial charge >= 0.3 is 0 Å². The number of nitrogens with zero attached hydrogens (tertiary/aromatic N) is 2. The Morgan fingerprint density at radius 2 is 1.94 bits per heavy atom. The lowest BCUT2D eigenvalue weighted by Crippen LogP contribution is -2.36. The maximum absolute atomic E-state index is 13.6. The van der Waals surface area contributed by atoms with Gasteiger partial charge < -0.3 is 24.1 Å². The number of likely N-dealkylation sites (N-methyl/N-ethyl adjacent to an activating group) is 1. The monoisotopic (exact) mass is 434 g/mol. The van der Waals surface area contributed by atoms with Gasteiger partial charge in [-0.2, -0.15) is 0 Å². The molecular weight excluding hydrogens is 408 g/mol.